The molecule has 3 aromatic heterocycles. The van der Waals surface area contributed by atoms with Gasteiger partial charge in [0.2, 0.25) is 5.82 Å². The minimum atomic E-state index is 0. The van der Waals surface area contributed by atoms with Crippen LogP contribution in [0.4, 0.5) is 0 Å². The molecule has 4 aromatic rings. The number of hydrogen-bond acceptors (Lipinski definition) is 7. The number of benzene rings is 1. The third kappa shape index (κ3) is 3.17. The molecule has 5 rings (SSSR count). The third-order valence-electron chi connectivity index (χ3n) is 4.79. The molecule has 0 radical (unpaired) electrons. The molecule has 0 fully saturated rings. The van der Waals surface area contributed by atoms with Crippen molar-refractivity contribution >= 4 is 12.4 Å². The van der Waals surface area contributed by atoms with Crippen LogP contribution in [0.25, 0.3) is 28.5 Å². The Balaban J connectivity index is 0.00000192. The van der Waals surface area contributed by atoms with Gasteiger partial charge in [0.15, 0.2) is 0 Å². The summed E-state index contributed by atoms with van der Waals surface area (Å²) in [7, 11) is 0. The quantitative estimate of drug-likeness (QED) is 0.569. The zero-order valence-corrected chi connectivity index (χ0v) is 16.0. The highest BCUT2D eigenvalue weighted by molar-refractivity contribution is 5.85. The molecule has 1 aromatic carbocycles. The highest BCUT2D eigenvalue weighted by Gasteiger charge is 2.21. The maximum absolute atomic E-state index is 5.58. The smallest absolute Gasteiger partial charge is 0.258 e. The number of halogens is 1. The molecule has 1 aliphatic heterocycles. The van der Waals surface area contributed by atoms with Crippen molar-refractivity contribution in [1.82, 2.24) is 35.2 Å². The Bertz CT molecular complexity index is 1110. The summed E-state index contributed by atoms with van der Waals surface area (Å²) in [5.41, 5.74) is 6.13. The van der Waals surface area contributed by atoms with Crippen molar-refractivity contribution in [1.29, 1.82) is 0 Å². The second-order valence-corrected chi connectivity index (χ2v) is 6.49. The Morgan fingerprint density at radius 1 is 1.18 bits per heavy atom. The zero-order valence-electron chi connectivity index (χ0n) is 15.2. The van der Waals surface area contributed by atoms with Crippen LogP contribution in [0.1, 0.15) is 16.8 Å². The standard InChI is InChI=1S/C19H17N7O.ClH/c1-12-17(16-5-6-20-8-14(16)9-21-12)18-24-19(27-25-18)13-3-2-4-15(7-13)26-10-22-23-11-26;/h2-4,7,9-11,20H,5-6,8H2,1H3;1H. The minimum Gasteiger partial charge on any atom is -0.334 e. The molecule has 4 heterocycles. The van der Waals surface area contributed by atoms with Gasteiger partial charge in [-0.1, -0.05) is 11.2 Å². The largest absolute Gasteiger partial charge is 0.334 e. The lowest BCUT2D eigenvalue weighted by atomic mass is 9.95. The molecule has 0 atom stereocenters. The van der Waals surface area contributed by atoms with E-state index >= 15 is 0 Å². The number of aromatic nitrogens is 6. The molecule has 28 heavy (non-hydrogen) atoms. The normalized spacial score (nSPS) is 13.0. The molecule has 0 spiro atoms. The first-order valence-corrected chi connectivity index (χ1v) is 8.77. The number of rotatable bonds is 3. The summed E-state index contributed by atoms with van der Waals surface area (Å²) >= 11 is 0. The number of fused-ring (bicyclic) bond motifs is 1. The lowest BCUT2D eigenvalue weighted by Crippen LogP contribution is -2.24. The van der Waals surface area contributed by atoms with Gasteiger partial charge in [-0.15, -0.1) is 22.6 Å². The third-order valence-corrected chi connectivity index (χ3v) is 4.79. The number of aryl methyl sites for hydroxylation is 1. The zero-order chi connectivity index (χ0) is 18.2. The molecular formula is C19H18ClN7O. The van der Waals surface area contributed by atoms with Crippen molar-refractivity contribution in [3.63, 3.8) is 0 Å². The topological polar surface area (TPSA) is 94.5 Å². The Labute approximate surface area is 167 Å². The number of nitrogens with one attached hydrogen (secondary N) is 1. The molecule has 1 N–H and O–H groups in total. The fourth-order valence-corrected chi connectivity index (χ4v) is 3.44. The molecular weight excluding hydrogens is 378 g/mol. The number of pyridine rings is 1. The molecule has 0 saturated carbocycles. The van der Waals surface area contributed by atoms with E-state index < -0.39 is 0 Å². The summed E-state index contributed by atoms with van der Waals surface area (Å²) in [5.74, 6) is 1.06. The van der Waals surface area contributed by atoms with E-state index in [1.165, 1.54) is 11.1 Å². The molecule has 0 bridgehead atoms. The Morgan fingerprint density at radius 2 is 2.04 bits per heavy atom. The van der Waals surface area contributed by atoms with E-state index in [0.29, 0.717) is 11.7 Å². The first-order chi connectivity index (χ1) is 13.3. The van der Waals surface area contributed by atoms with E-state index in [1.807, 2.05) is 42.0 Å². The van der Waals surface area contributed by atoms with Crippen molar-refractivity contribution in [2.75, 3.05) is 6.54 Å². The van der Waals surface area contributed by atoms with Crippen molar-refractivity contribution < 1.29 is 4.52 Å². The monoisotopic (exact) mass is 395 g/mol. The van der Waals surface area contributed by atoms with Crippen LogP contribution in [-0.4, -0.2) is 36.4 Å². The van der Waals surface area contributed by atoms with E-state index in [0.717, 1.165) is 42.0 Å². The van der Waals surface area contributed by atoms with Gasteiger partial charge in [-0.2, -0.15) is 4.98 Å². The second-order valence-electron chi connectivity index (χ2n) is 6.49. The maximum atomic E-state index is 5.58. The number of hydrogen-bond donors (Lipinski definition) is 1. The molecule has 8 nitrogen and oxygen atoms in total. The van der Waals surface area contributed by atoms with E-state index in [9.17, 15) is 0 Å². The van der Waals surface area contributed by atoms with Gasteiger partial charge < -0.3 is 9.84 Å². The minimum absolute atomic E-state index is 0. The van der Waals surface area contributed by atoms with Crippen molar-refractivity contribution in [3.05, 3.63) is 59.9 Å². The highest BCUT2D eigenvalue weighted by atomic mass is 35.5. The fraction of sp³-hybridized carbons (Fsp3) is 0.211. The summed E-state index contributed by atoms with van der Waals surface area (Å²) in [4.78, 5) is 9.18. The van der Waals surface area contributed by atoms with Gasteiger partial charge in [0.1, 0.15) is 12.7 Å². The Hall–Kier alpha value is -3.10. The molecule has 0 unspecified atom stereocenters. The summed E-state index contributed by atoms with van der Waals surface area (Å²) in [5, 5.41) is 15.3. The molecule has 9 heteroatoms. The van der Waals surface area contributed by atoms with Gasteiger partial charge in [0, 0.05) is 35.2 Å². The average molecular weight is 396 g/mol. The van der Waals surface area contributed by atoms with Crippen LogP contribution in [0.5, 0.6) is 0 Å². The van der Waals surface area contributed by atoms with E-state index in [2.05, 4.69) is 30.6 Å². The van der Waals surface area contributed by atoms with Crippen molar-refractivity contribution in [3.8, 4) is 28.5 Å². The van der Waals surface area contributed by atoms with Crippen LogP contribution >= 0.6 is 12.4 Å². The first kappa shape index (κ1) is 18.3. The maximum Gasteiger partial charge on any atom is 0.258 e. The summed E-state index contributed by atoms with van der Waals surface area (Å²) in [6.07, 6.45) is 6.17. The first-order valence-electron chi connectivity index (χ1n) is 8.77. The molecule has 0 amide bonds. The Kier molecular flexibility index (Phi) is 4.89. The summed E-state index contributed by atoms with van der Waals surface area (Å²) in [6, 6.07) is 7.83. The van der Waals surface area contributed by atoms with Crippen LogP contribution in [-0.2, 0) is 13.0 Å². The van der Waals surface area contributed by atoms with Gasteiger partial charge in [0.25, 0.3) is 5.89 Å². The number of nitrogens with zero attached hydrogens (tertiary/aromatic N) is 6. The van der Waals surface area contributed by atoms with Crippen LogP contribution < -0.4 is 5.32 Å². The van der Waals surface area contributed by atoms with Crippen LogP contribution in [0, 0.1) is 6.92 Å². The molecule has 0 aliphatic carbocycles. The van der Waals surface area contributed by atoms with Gasteiger partial charge in [-0.05, 0) is 49.2 Å². The van der Waals surface area contributed by atoms with E-state index in [4.69, 9.17) is 4.52 Å². The predicted octanol–water partition coefficient (Wildman–Crippen LogP) is 2.76. The lowest BCUT2D eigenvalue weighted by molar-refractivity contribution is 0.432. The summed E-state index contributed by atoms with van der Waals surface area (Å²) in [6.45, 7) is 3.75. The Morgan fingerprint density at radius 3 is 2.89 bits per heavy atom. The van der Waals surface area contributed by atoms with Gasteiger partial charge in [-0.25, -0.2) is 0 Å². The van der Waals surface area contributed by atoms with Gasteiger partial charge >= 0.3 is 0 Å². The molecule has 142 valence electrons. The second kappa shape index (κ2) is 7.49. The molecule has 1 aliphatic rings. The highest BCUT2D eigenvalue weighted by Crippen LogP contribution is 2.30. The van der Waals surface area contributed by atoms with Crippen LogP contribution in [0.3, 0.4) is 0 Å². The fourth-order valence-electron chi connectivity index (χ4n) is 3.44. The van der Waals surface area contributed by atoms with Gasteiger partial charge in [0.05, 0.1) is 0 Å². The van der Waals surface area contributed by atoms with Crippen LogP contribution in [0.15, 0.2) is 47.6 Å². The van der Waals surface area contributed by atoms with E-state index in [1.54, 1.807) is 12.7 Å². The van der Waals surface area contributed by atoms with E-state index in [-0.39, 0.29) is 12.4 Å². The van der Waals surface area contributed by atoms with Gasteiger partial charge in [-0.3, -0.25) is 9.55 Å². The van der Waals surface area contributed by atoms with Crippen LogP contribution in [0.2, 0.25) is 0 Å². The predicted molar refractivity (Wildman–Crippen MR) is 105 cm³/mol. The SMILES string of the molecule is Cc1ncc2c(c1-c1noc(-c3cccc(-n4cnnc4)c3)n1)CCNC2.Cl. The lowest BCUT2D eigenvalue weighted by Gasteiger charge is -2.19. The van der Waals surface area contributed by atoms with Crippen molar-refractivity contribution in [2.45, 2.75) is 19.9 Å². The average Bonchev–Trinajstić information content (AvgIpc) is 3.40. The van der Waals surface area contributed by atoms with Crippen molar-refractivity contribution in [2.24, 2.45) is 0 Å². The summed E-state index contributed by atoms with van der Waals surface area (Å²) < 4.78 is 7.41. The molecule has 0 saturated heterocycles.